The van der Waals surface area contributed by atoms with E-state index in [-0.39, 0.29) is 24.6 Å². The number of pyridine rings is 1. The van der Waals surface area contributed by atoms with Crippen LogP contribution in [0.2, 0.25) is 0 Å². The summed E-state index contributed by atoms with van der Waals surface area (Å²) in [6.45, 7) is 7.39. The summed E-state index contributed by atoms with van der Waals surface area (Å²) in [6.07, 6.45) is 0.674. The molecule has 0 saturated carbocycles. The SMILES string of the molecule is COCOC1c2c(OC)c(=O)c(Br)cn2CC(NC(=O)OC(C)(C)C)C1(C)CCO. The third-order valence-corrected chi connectivity index (χ3v) is 5.72. The lowest BCUT2D eigenvalue weighted by Gasteiger charge is -2.48. The first-order chi connectivity index (χ1) is 14.0. The number of carbonyl (C=O) groups is 1. The van der Waals surface area contributed by atoms with Crippen molar-refractivity contribution in [3.63, 3.8) is 0 Å². The van der Waals surface area contributed by atoms with Gasteiger partial charge in [0.2, 0.25) is 5.43 Å². The third-order valence-electron chi connectivity index (χ3n) is 5.16. The molecule has 0 bridgehead atoms. The number of hydrogen-bond acceptors (Lipinski definition) is 7. The Labute approximate surface area is 184 Å². The highest BCUT2D eigenvalue weighted by Gasteiger charge is 2.50. The minimum atomic E-state index is -0.780. The second-order valence-electron chi connectivity index (χ2n) is 8.51. The number of hydrogen-bond donors (Lipinski definition) is 2. The Kier molecular flexibility index (Phi) is 7.95. The number of methoxy groups -OCH3 is 2. The van der Waals surface area contributed by atoms with E-state index in [4.69, 9.17) is 18.9 Å². The molecule has 0 fully saturated rings. The van der Waals surface area contributed by atoms with Gasteiger partial charge in [0.05, 0.1) is 23.3 Å². The highest BCUT2D eigenvalue weighted by Crippen LogP contribution is 2.48. The summed E-state index contributed by atoms with van der Waals surface area (Å²) in [5, 5.41) is 12.7. The smallest absolute Gasteiger partial charge is 0.407 e. The molecule has 9 nitrogen and oxygen atoms in total. The highest BCUT2D eigenvalue weighted by molar-refractivity contribution is 9.10. The monoisotopic (exact) mass is 490 g/mol. The molecule has 1 aromatic heterocycles. The maximum Gasteiger partial charge on any atom is 0.407 e. The van der Waals surface area contributed by atoms with Crippen LogP contribution in [0.1, 0.15) is 45.9 Å². The predicted molar refractivity (Wildman–Crippen MR) is 114 cm³/mol. The molecule has 3 atom stereocenters. The number of rotatable bonds is 7. The molecule has 170 valence electrons. The predicted octanol–water partition coefficient (Wildman–Crippen LogP) is 2.58. The van der Waals surface area contributed by atoms with Crippen molar-refractivity contribution in [2.45, 2.75) is 58.4 Å². The second-order valence-corrected chi connectivity index (χ2v) is 9.36. The molecule has 3 unspecified atom stereocenters. The molecule has 1 amide bonds. The number of halogens is 1. The standard InChI is InChI=1S/C20H31BrN2O7/c1-19(2,3)30-18(26)22-13-10-23-9-12(21)15(25)16(28-6)14(23)17(29-11-27-5)20(13,4)7-8-24/h9,13,17,24H,7-8,10-11H2,1-6H3,(H,22,26). The Morgan fingerprint density at radius 1 is 1.40 bits per heavy atom. The zero-order valence-corrected chi connectivity index (χ0v) is 19.9. The molecule has 0 aromatic carbocycles. The van der Waals surface area contributed by atoms with Crippen LogP contribution < -0.4 is 15.5 Å². The molecular weight excluding hydrogens is 460 g/mol. The molecule has 30 heavy (non-hydrogen) atoms. The number of aliphatic hydroxyl groups is 1. The van der Waals surface area contributed by atoms with E-state index in [1.165, 1.54) is 14.2 Å². The summed E-state index contributed by atoms with van der Waals surface area (Å²) in [5.41, 5.74) is -1.22. The molecule has 2 rings (SSSR count). The quantitative estimate of drug-likeness (QED) is 0.565. The van der Waals surface area contributed by atoms with Gasteiger partial charge < -0.3 is 33.9 Å². The van der Waals surface area contributed by atoms with Crippen LogP contribution in [0.4, 0.5) is 4.79 Å². The summed E-state index contributed by atoms with van der Waals surface area (Å²) in [4.78, 5) is 25.2. The number of nitrogens with zero attached hydrogens (tertiary/aromatic N) is 1. The maximum atomic E-state index is 12.7. The fourth-order valence-corrected chi connectivity index (χ4v) is 4.18. The first kappa shape index (κ1) is 24.6. The van der Waals surface area contributed by atoms with E-state index >= 15 is 0 Å². The van der Waals surface area contributed by atoms with Gasteiger partial charge in [-0.25, -0.2) is 4.79 Å². The van der Waals surface area contributed by atoms with Crippen molar-refractivity contribution in [2.24, 2.45) is 5.41 Å². The Morgan fingerprint density at radius 3 is 2.60 bits per heavy atom. The Bertz CT molecular complexity index is 821. The Hall–Kier alpha value is -1.62. The molecule has 0 spiro atoms. The number of fused-ring (bicyclic) bond motifs is 1. The lowest BCUT2D eigenvalue weighted by Crippen LogP contribution is -2.56. The summed E-state index contributed by atoms with van der Waals surface area (Å²) in [7, 11) is 2.92. The van der Waals surface area contributed by atoms with E-state index in [9.17, 15) is 14.7 Å². The van der Waals surface area contributed by atoms with E-state index < -0.39 is 29.3 Å². The summed E-state index contributed by atoms with van der Waals surface area (Å²) >= 11 is 3.28. The molecule has 0 aliphatic carbocycles. The zero-order chi connectivity index (χ0) is 22.7. The van der Waals surface area contributed by atoms with Crippen molar-refractivity contribution in [1.82, 2.24) is 9.88 Å². The topological polar surface area (TPSA) is 108 Å². The van der Waals surface area contributed by atoms with Crippen LogP contribution in [-0.4, -0.2) is 55.0 Å². The normalized spacial score (nSPS) is 23.6. The Balaban J connectivity index is 2.60. The van der Waals surface area contributed by atoms with Gasteiger partial charge in [-0.15, -0.1) is 0 Å². The van der Waals surface area contributed by atoms with E-state index in [0.717, 1.165) is 0 Å². The van der Waals surface area contributed by atoms with Crippen molar-refractivity contribution < 1.29 is 28.8 Å². The van der Waals surface area contributed by atoms with Crippen LogP contribution in [0, 0.1) is 5.41 Å². The van der Waals surface area contributed by atoms with E-state index in [1.807, 2.05) is 11.5 Å². The van der Waals surface area contributed by atoms with Crippen LogP contribution in [0.3, 0.4) is 0 Å². The number of amides is 1. The fourth-order valence-electron chi connectivity index (χ4n) is 3.75. The van der Waals surface area contributed by atoms with Gasteiger partial charge in [0.15, 0.2) is 5.75 Å². The molecule has 1 aliphatic heterocycles. The van der Waals surface area contributed by atoms with Crippen molar-refractivity contribution in [3.05, 3.63) is 26.6 Å². The number of ether oxygens (including phenoxy) is 4. The number of aromatic nitrogens is 1. The van der Waals surface area contributed by atoms with Gasteiger partial charge >= 0.3 is 6.09 Å². The van der Waals surface area contributed by atoms with Crippen LogP contribution >= 0.6 is 15.9 Å². The fraction of sp³-hybridized carbons (Fsp3) is 0.700. The summed E-state index contributed by atoms with van der Waals surface area (Å²) in [5.74, 6) is 0.144. The van der Waals surface area contributed by atoms with Crippen molar-refractivity contribution in [2.75, 3.05) is 27.6 Å². The third kappa shape index (κ3) is 5.16. The van der Waals surface area contributed by atoms with Crippen molar-refractivity contribution in [1.29, 1.82) is 0 Å². The minimum absolute atomic E-state index is 0.0434. The summed E-state index contributed by atoms with van der Waals surface area (Å²) in [6, 6.07) is -0.465. The molecular formula is C20H31BrN2O7. The highest BCUT2D eigenvalue weighted by atomic mass is 79.9. The average molecular weight is 491 g/mol. The first-order valence-electron chi connectivity index (χ1n) is 9.66. The molecule has 2 N–H and O–H groups in total. The minimum Gasteiger partial charge on any atom is -0.491 e. The zero-order valence-electron chi connectivity index (χ0n) is 18.3. The number of alkyl carbamates (subject to hydrolysis) is 1. The maximum absolute atomic E-state index is 12.7. The van der Waals surface area contributed by atoms with E-state index in [1.54, 1.807) is 27.0 Å². The molecule has 10 heteroatoms. The lowest BCUT2D eigenvalue weighted by atomic mass is 9.70. The van der Waals surface area contributed by atoms with Crippen LogP contribution in [0.15, 0.2) is 15.5 Å². The molecule has 1 aliphatic rings. The van der Waals surface area contributed by atoms with Gasteiger partial charge in [0.1, 0.15) is 18.5 Å². The van der Waals surface area contributed by atoms with E-state index in [2.05, 4.69) is 21.2 Å². The molecule has 0 radical (unpaired) electrons. The van der Waals surface area contributed by atoms with Gasteiger partial charge in [-0.3, -0.25) is 4.79 Å². The number of carbonyl (C=O) groups excluding carboxylic acids is 1. The lowest BCUT2D eigenvalue weighted by molar-refractivity contribution is -0.143. The van der Waals surface area contributed by atoms with Crippen molar-refractivity contribution in [3.8, 4) is 5.75 Å². The van der Waals surface area contributed by atoms with Gasteiger partial charge in [-0.05, 0) is 43.1 Å². The average Bonchev–Trinajstić information content (AvgIpc) is 2.62. The van der Waals surface area contributed by atoms with Gasteiger partial charge in [0.25, 0.3) is 0 Å². The molecule has 1 aromatic rings. The van der Waals surface area contributed by atoms with Gasteiger partial charge in [-0.1, -0.05) is 6.92 Å². The molecule has 0 saturated heterocycles. The Morgan fingerprint density at radius 2 is 2.07 bits per heavy atom. The second kappa shape index (κ2) is 9.67. The van der Waals surface area contributed by atoms with Gasteiger partial charge in [0, 0.05) is 31.9 Å². The van der Waals surface area contributed by atoms with Crippen LogP contribution in [0.25, 0.3) is 0 Å². The van der Waals surface area contributed by atoms with Crippen LogP contribution in [0.5, 0.6) is 5.75 Å². The van der Waals surface area contributed by atoms with E-state index in [0.29, 0.717) is 23.1 Å². The largest absolute Gasteiger partial charge is 0.491 e. The summed E-state index contributed by atoms with van der Waals surface area (Å²) < 4.78 is 24.1. The molecule has 2 heterocycles. The number of aliphatic hydroxyl groups excluding tert-OH is 1. The van der Waals surface area contributed by atoms with Gasteiger partial charge in [-0.2, -0.15) is 0 Å². The number of nitrogens with one attached hydrogen (secondary N) is 1. The van der Waals surface area contributed by atoms with Crippen molar-refractivity contribution >= 4 is 22.0 Å². The van der Waals surface area contributed by atoms with Crippen LogP contribution in [-0.2, 0) is 20.8 Å². The first-order valence-corrected chi connectivity index (χ1v) is 10.5.